The maximum atomic E-state index is 3.97. The first-order valence-corrected chi connectivity index (χ1v) is 4.13. The molecule has 8 heavy (non-hydrogen) atoms. The number of aromatic nitrogens is 1. The Labute approximate surface area is 55.2 Å². The fourth-order valence-corrected chi connectivity index (χ4v) is 1.34. The summed E-state index contributed by atoms with van der Waals surface area (Å²) in [6.07, 6.45) is 1.77. The van der Waals surface area contributed by atoms with Crippen molar-refractivity contribution < 1.29 is 0 Å². The number of hydrogen-bond donors (Lipinski definition) is 0. The maximum Gasteiger partial charge on any atom is 0.166 e. The van der Waals surface area contributed by atoms with Crippen LogP contribution in [0.25, 0.3) is 0 Å². The molecule has 1 aromatic heterocycles. The minimum Gasteiger partial charge on any atom is -0.236 e. The number of thiazole rings is 1. The molecular formula is C5H5NSSi. The zero-order valence-electron chi connectivity index (χ0n) is 4.51. The summed E-state index contributed by atoms with van der Waals surface area (Å²) in [5.74, 6) is 2.91. The van der Waals surface area contributed by atoms with Crippen LogP contribution in [0.1, 0.15) is 5.01 Å². The quantitative estimate of drug-likeness (QED) is 0.359. The fraction of sp³-hybridized carbons (Fsp3) is 0. The van der Waals surface area contributed by atoms with Crippen LogP contribution in [0.5, 0.6) is 0 Å². The molecule has 0 unspecified atom stereocenters. The molecule has 3 heteroatoms. The predicted octanol–water partition coefficient (Wildman–Crippen LogP) is -0.183. The van der Waals surface area contributed by atoms with Crippen LogP contribution in [0.3, 0.4) is 0 Å². The van der Waals surface area contributed by atoms with Crippen LogP contribution in [0.4, 0.5) is 0 Å². The van der Waals surface area contributed by atoms with E-state index in [2.05, 4.69) is 16.4 Å². The van der Waals surface area contributed by atoms with Crippen molar-refractivity contribution in [2.75, 3.05) is 0 Å². The van der Waals surface area contributed by atoms with Crippen molar-refractivity contribution >= 4 is 21.6 Å². The van der Waals surface area contributed by atoms with E-state index in [9.17, 15) is 0 Å². The average Bonchev–Trinajstić information content (AvgIpc) is 2.19. The Hall–Kier alpha value is -0.593. The molecule has 0 aliphatic heterocycles. The van der Waals surface area contributed by atoms with E-state index >= 15 is 0 Å². The zero-order chi connectivity index (χ0) is 5.82. The average molecular weight is 139 g/mol. The van der Waals surface area contributed by atoms with E-state index < -0.39 is 0 Å². The van der Waals surface area contributed by atoms with E-state index in [1.807, 2.05) is 5.38 Å². The molecule has 0 aromatic carbocycles. The molecule has 0 saturated carbocycles. The van der Waals surface area contributed by atoms with Crippen LogP contribution in [-0.4, -0.2) is 15.2 Å². The first-order chi connectivity index (χ1) is 3.93. The molecule has 0 aliphatic carbocycles. The Kier molecular flexibility index (Phi) is 1.84. The molecular weight excluding hydrogens is 134 g/mol. The lowest BCUT2D eigenvalue weighted by molar-refractivity contribution is 1.39. The first kappa shape index (κ1) is 5.54. The first-order valence-electron chi connectivity index (χ1n) is 2.25. The van der Waals surface area contributed by atoms with Crippen LogP contribution < -0.4 is 0 Å². The van der Waals surface area contributed by atoms with Gasteiger partial charge in [0, 0.05) is 11.6 Å². The van der Waals surface area contributed by atoms with Crippen LogP contribution >= 0.6 is 11.3 Å². The number of nitrogens with zero attached hydrogens (tertiary/aromatic N) is 1. The molecule has 1 aromatic rings. The van der Waals surface area contributed by atoms with Gasteiger partial charge in [-0.3, -0.25) is 0 Å². The van der Waals surface area contributed by atoms with Gasteiger partial charge in [0.2, 0.25) is 0 Å². The van der Waals surface area contributed by atoms with Gasteiger partial charge in [0.15, 0.2) is 5.01 Å². The van der Waals surface area contributed by atoms with Crippen molar-refractivity contribution in [2.45, 2.75) is 0 Å². The molecule has 0 atom stereocenters. The van der Waals surface area contributed by atoms with Gasteiger partial charge in [-0.25, -0.2) is 4.98 Å². The van der Waals surface area contributed by atoms with Gasteiger partial charge in [-0.2, -0.15) is 0 Å². The van der Waals surface area contributed by atoms with E-state index in [0.717, 1.165) is 15.3 Å². The third-order valence-corrected chi connectivity index (χ3v) is 1.60. The van der Waals surface area contributed by atoms with E-state index in [-0.39, 0.29) is 0 Å². The molecule has 0 aliphatic rings. The molecule has 0 N–H and O–H groups in total. The van der Waals surface area contributed by atoms with Gasteiger partial charge in [0.25, 0.3) is 0 Å². The molecule has 1 rings (SSSR count). The van der Waals surface area contributed by atoms with Crippen LogP contribution in [0.15, 0.2) is 11.6 Å². The normalized spacial score (nSPS) is 8.00. The Bertz CT molecular complexity index is 206. The third-order valence-electron chi connectivity index (χ3n) is 0.664. The standard InChI is InChI=1S/C5H5NSSi/c8-4-1-5-6-2-3-7-5/h2-3H,8H3. The van der Waals surface area contributed by atoms with Crippen molar-refractivity contribution in [2.24, 2.45) is 0 Å². The van der Waals surface area contributed by atoms with Gasteiger partial charge in [0.1, 0.15) is 0 Å². The Morgan fingerprint density at radius 2 is 2.62 bits per heavy atom. The highest BCUT2D eigenvalue weighted by Gasteiger charge is 1.82. The number of hydrogen-bond acceptors (Lipinski definition) is 2. The van der Waals surface area contributed by atoms with Crippen molar-refractivity contribution in [1.29, 1.82) is 0 Å². The summed E-state index contributed by atoms with van der Waals surface area (Å²) in [7, 11) is 0.941. The molecule has 1 heterocycles. The predicted molar refractivity (Wildman–Crippen MR) is 38.9 cm³/mol. The smallest absolute Gasteiger partial charge is 0.166 e. The summed E-state index contributed by atoms with van der Waals surface area (Å²) in [5.41, 5.74) is 2.91. The molecule has 0 radical (unpaired) electrons. The van der Waals surface area contributed by atoms with Gasteiger partial charge in [0.05, 0.1) is 10.2 Å². The second-order valence-corrected chi connectivity index (χ2v) is 2.61. The van der Waals surface area contributed by atoms with Gasteiger partial charge in [-0.05, 0) is 5.92 Å². The van der Waals surface area contributed by atoms with Gasteiger partial charge in [-0.1, -0.05) is 0 Å². The second kappa shape index (κ2) is 2.65. The molecule has 40 valence electrons. The minimum atomic E-state index is 0.931. The van der Waals surface area contributed by atoms with Crippen molar-refractivity contribution in [1.82, 2.24) is 4.98 Å². The zero-order valence-corrected chi connectivity index (χ0v) is 7.33. The monoisotopic (exact) mass is 139 g/mol. The van der Waals surface area contributed by atoms with Gasteiger partial charge < -0.3 is 0 Å². The van der Waals surface area contributed by atoms with Crippen LogP contribution in [-0.2, 0) is 0 Å². The maximum absolute atomic E-state index is 3.97. The molecule has 0 spiro atoms. The highest BCUT2D eigenvalue weighted by molar-refractivity contribution is 7.10. The van der Waals surface area contributed by atoms with E-state index in [4.69, 9.17) is 0 Å². The van der Waals surface area contributed by atoms with E-state index in [1.54, 1.807) is 17.5 Å². The van der Waals surface area contributed by atoms with Crippen LogP contribution in [0.2, 0.25) is 0 Å². The lowest BCUT2D eigenvalue weighted by atomic mass is 10.7. The van der Waals surface area contributed by atoms with Crippen molar-refractivity contribution in [3.8, 4) is 11.5 Å². The Balaban J connectivity index is 2.88. The highest BCUT2D eigenvalue weighted by atomic mass is 32.1. The topological polar surface area (TPSA) is 12.9 Å². The van der Waals surface area contributed by atoms with E-state index in [1.165, 1.54) is 0 Å². The highest BCUT2D eigenvalue weighted by Crippen LogP contribution is 1.99. The van der Waals surface area contributed by atoms with Crippen LogP contribution in [0, 0.1) is 11.5 Å². The lowest BCUT2D eigenvalue weighted by Gasteiger charge is -1.68. The molecule has 0 bridgehead atoms. The summed E-state index contributed by atoms with van der Waals surface area (Å²) >= 11 is 1.58. The fourth-order valence-electron chi connectivity index (χ4n) is 0.392. The summed E-state index contributed by atoms with van der Waals surface area (Å²) < 4.78 is 0. The summed E-state index contributed by atoms with van der Waals surface area (Å²) in [6, 6.07) is 0. The SMILES string of the molecule is [SiH3]C#Cc1nccs1. The van der Waals surface area contributed by atoms with Crippen molar-refractivity contribution in [3.63, 3.8) is 0 Å². The second-order valence-electron chi connectivity index (χ2n) is 1.21. The molecule has 1 nitrogen and oxygen atoms in total. The van der Waals surface area contributed by atoms with Gasteiger partial charge in [-0.15, -0.1) is 16.9 Å². The number of rotatable bonds is 0. The third kappa shape index (κ3) is 1.19. The minimum absolute atomic E-state index is 0.931. The largest absolute Gasteiger partial charge is 0.236 e. The Morgan fingerprint density at radius 1 is 1.75 bits per heavy atom. The van der Waals surface area contributed by atoms with Gasteiger partial charge >= 0.3 is 0 Å². The lowest BCUT2D eigenvalue weighted by Crippen LogP contribution is -1.65. The Morgan fingerprint density at radius 3 is 3.12 bits per heavy atom. The summed E-state index contributed by atoms with van der Waals surface area (Å²) in [6.45, 7) is 0. The molecule has 0 saturated heterocycles. The van der Waals surface area contributed by atoms with E-state index in [0.29, 0.717) is 0 Å². The summed E-state index contributed by atoms with van der Waals surface area (Å²) in [4.78, 5) is 3.97. The van der Waals surface area contributed by atoms with Crippen molar-refractivity contribution in [3.05, 3.63) is 16.6 Å². The molecule has 0 fully saturated rings. The molecule has 0 amide bonds. The summed E-state index contributed by atoms with van der Waals surface area (Å²) in [5, 5.41) is 2.86.